The minimum absolute atomic E-state index is 0.0309. The van der Waals surface area contributed by atoms with Crippen LogP contribution in [0.4, 0.5) is 5.69 Å². The van der Waals surface area contributed by atoms with Crippen LogP contribution in [-0.4, -0.2) is 31.8 Å². The van der Waals surface area contributed by atoms with E-state index >= 15 is 0 Å². The van der Waals surface area contributed by atoms with Crippen molar-refractivity contribution in [3.63, 3.8) is 0 Å². The number of pyridine rings is 1. The second kappa shape index (κ2) is 7.04. The molecule has 0 N–H and O–H groups in total. The van der Waals surface area contributed by atoms with Crippen LogP contribution in [0.5, 0.6) is 0 Å². The quantitative estimate of drug-likeness (QED) is 0.455. The first-order chi connectivity index (χ1) is 14.1. The smallest absolute Gasteiger partial charge is 0.280 e. The first-order valence-corrected chi connectivity index (χ1v) is 10.3. The van der Waals surface area contributed by atoms with Crippen LogP contribution in [0.2, 0.25) is 0 Å². The molecule has 29 heavy (non-hydrogen) atoms. The molecular weight excluding hydrogens is 388 g/mol. The van der Waals surface area contributed by atoms with Crippen molar-refractivity contribution in [3.8, 4) is 11.3 Å². The van der Waals surface area contributed by atoms with Crippen LogP contribution in [-0.2, 0) is 0 Å². The number of rotatable bonds is 4. The first kappa shape index (κ1) is 17.9. The molecule has 0 saturated carbocycles. The Morgan fingerprint density at radius 3 is 2.79 bits per heavy atom. The zero-order valence-electron chi connectivity index (χ0n) is 15.6. The van der Waals surface area contributed by atoms with E-state index in [1.807, 2.05) is 24.3 Å². The highest BCUT2D eigenvalue weighted by atomic mass is 32.2. The van der Waals surface area contributed by atoms with Gasteiger partial charge in [0.15, 0.2) is 5.17 Å². The average Bonchev–Trinajstić information content (AvgIpc) is 3.42. The number of hydrogen-bond acceptors (Lipinski definition) is 7. The van der Waals surface area contributed by atoms with Gasteiger partial charge in [0.2, 0.25) is 0 Å². The third kappa shape index (κ3) is 3.09. The molecule has 1 aromatic carbocycles. The Kier molecular flexibility index (Phi) is 4.35. The molecule has 1 fully saturated rings. The molecule has 2 aliphatic heterocycles. The lowest BCUT2D eigenvalue weighted by atomic mass is 10.0. The molecule has 3 atom stereocenters. The van der Waals surface area contributed by atoms with Crippen molar-refractivity contribution in [2.24, 2.45) is 4.99 Å². The van der Waals surface area contributed by atoms with Crippen molar-refractivity contribution in [1.82, 2.24) is 9.88 Å². The molecule has 2 aromatic heterocycles. The average molecular weight is 406 g/mol. The summed E-state index contributed by atoms with van der Waals surface area (Å²) in [5.74, 6) is 1.22. The molecule has 8 heteroatoms. The topological polar surface area (TPSA) is 84.8 Å². The Bertz CT molecular complexity index is 1100. The van der Waals surface area contributed by atoms with Crippen LogP contribution in [0.3, 0.4) is 0 Å². The van der Waals surface area contributed by atoms with Crippen molar-refractivity contribution in [2.75, 3.05) is 6.54 Å². The summed E-state index contributed by atoms with van der Waals surface area (Å²) in [5, 5.41) is 12.9. The van der Waals surface area contributed by atoms with Gasteiger partial charge in [0.05, 0.1) is 16.2 Å². The standard InChI is InChI=1S/C21H18N4O3S/c1-13-12-24-20(19(23-21(24)29-13)15-7-4-5-11-22-15)18-10-9-17(28-18)14-6-2-3-8-16(14)25(26)27/h2-11,13,19-20H,12H2,1H3/t13-,19+,20+/m1/s1. The molecule has 5 rings (SSSR count). The number of furan rings is 1. The fraction of sp³-hybridized carbons (Fsp3) is 0.238. The molecule has 1 saturated heterocycles. The molecule has 0 spiro atoms. The maximum Gasteiger partial charge on any atom is 0.280 e. The first-order valence-electron chi connectivity index (χ1n) is 9.37. The molecule has 3 aromatic rings. The fourth-order valence-electron chi connectivity index (χ4n) is 3.92. The molecule has 0 unspecified atom stereocenters. The Hall–Kier alpha value is -3.13. The third-order valence-corrected chi connectivity index (χ3v) is 6.27. The van der Waals surface area contributed by atoms with Gasteiger partial charge in [0.1, 0.15) is 23.6 Å². The van der Waals surface area contributed by atoms with Crippen LogP contribution in [0.1, 0.15) is 30.5 Å². The number of nitrogens with zero attached hydrogens (tertiary/aromatic N) is 4. The van der Waals surface area contributed by atoms with Gasteiger partial charge in [-0.25, -0.2) is 4.99 Å². The number of benzene rings is 1. The second-order valence-corrected chi connectivity index (χ2v) is 8.52. The van der Waals surface area contributed by atoms with Gasteiger partial charge < -0.3 is 9.32 Å². The number of nitro groups is 1. The normalized spacial score (nSPS) is 23.1. The molecule has 0 aliphatic carbocycles. The number of aliphatic imine (C=N–C) groups is 1. The molecule has 4 heterocycles. The summed E-state index contributed by atoms with van der Waals surface area (Å²) in [6.07, 6.45) is 1.77. The Morgan fingerprint density at radius 1 is 1.17 bits per heavy atom. The largest absolute Gasteiger partial charge is 0.459 e. The maximum absolute atomic E-state index is 11.4. The Morgan fingerprint density at radius 2 is 2.00 bits per heavy atom. The van der Waals surface area contributed by atoms with E-state index in [4.69, 9.17) is 9.41 Å². The van der Waals surface area contributed by atoms with E-state index in [0.717, 1.165) is 23.2 Å². The van der Waals surface area contributed by atoms with E-state index in [-0.39, 0.29) is 22.7 Å². The summed E-state index contributed by atoms with van der Waals surface area (Å²) in [7, 11) is 0. The minimum atomic E-state index is -0.385. The van der Waals surface area contributed by atoms with E-state index in [1.54, 1.807) is 42.2 Å². The van der Waals surface area contributed by atoms with Gasteiger partial charge in [-0.05, 0) is 30.3 Å². The minimum Gasteiger partial charge on any atom is -0.459 e. The van der Waals surface area contributed by atoms with Gasteiger partial charge >= 0.3 is 0 Å². The highest BCUT2D eigenvalue weighted by Gasteiger charge is 2.45. The van der Waals surface area contributed by atoms with E-state index in [2.05, 4.69) is 16.8 Å². The van der Waals surface area contributed by atoms with Gasteiger partial charge in [0.25, 0.3) is 5.69 Å². The number of amidine groups is 1. The summed E-state index contributed by atoms with van der Waals surface area (Å²) in [4.78, 5) is 22.7. The lowest BCUT2D eigenvalue weighted by molar-refractivity contribution is -0.384. The molecule has 7 nitrogen and oxygen atoms in total. The van der Waals surface area contributed by atoms with Crippen molar-refractivity contribution in [2.45, 2.75) is 24.3 Å². The second-order valence-electron chi connectivity index (χ2n) is 7.11. The SMILES string of the molecule is C[C@@H]1CN2C(=N[C@@H](c3ccccn3)[C@@H]2c2ccc(-c3ccccc3[N+](=O)[O-])o2)S1. The van der Waals surface area contributed by atoms with Gasteiger partial charge in [-0.15, -0.1) is 0 Å². The van der Waals surface area contributed by atoms with E-state index < -0.39 is 0 Å². The van der Waals surface area contributed by atoms with Crippen molar-refractivity contribution in [3.05, 3.63) is 82.4 Å². The monoisotopic (exact) mass is 406 g/mol. The van der Waals surface area contributed by atoms with Gasteiger partial charge in [-0.2, -0.15) is 0 Å². The van der Waals surface area contributed by atoms with Gasteiger partial charge in [-0.3, -0.25) is 15.1 Å². The van der Waals surface area contributed by atoms with E-state index in [0.29, 0.717) is 16.6 Å². The lowest BCUT2D eigenvalue weighted by Gasteiger charge is -2.25. The van der Waals surface area contributed by atoms with Gasteiger partial charge in [-0.1, -0.05) is 36.9 Å². The van der Waals surface area contributed by atoms with Crippen molar-refractivity contribution in [1.29, 1.82) is 0 Å². The predicted octanol–water partition coefficient (Wildman–Crippen LogP) is 4.84. The molecule has 2 aliphatic rings. The molecule has 0 radical (unpaired) electrons. The number of nitro benzene ring substituents is 1. The third-order valence-electron chi connectivity index (χ3n) is 5.17. The van der Waals surface area contributed by atoms with Crippen LogP contribution in [0.25, 0.3) is 11.3 Å². The van der Waals surface area contributed by atoms with Crippen molar-refractivity contribution < 1.29 is 9.34 Å². The predicted molar refractivity (Wildman–Crippen MR) is 112 cm³/mol. The molecule has 0 amide bonds. The number of fused-ring (bicyclic) bond motifs is 1. The number of aromatic nitrogens is 1. The maximum atomic E-state index is 11.4. The van der Waals surface area contributed by atoms with Crippen LogP contribution in [0, 0.1) is 10.1 Å². The highest BCUT2D eigenvalue weighted by Crippen LogP contribution is 2.48. The van der Waals surface area contributed by atoms with E-state index in [9.17, 15) is 10.1 Å². The summed E-state index contributed by atoms with van der Waals surface area (Å²) in [6.45, 7) is 3.05. The van der Waals surface area contributed by atoms with Crippen LogP contribution in [0.15, 0.2) is 70.2 Å². The Balaban J connectivity index is 1.55. The number of hydrogen-bond donors (Lipinski definition) is 0. The zero-order valence-corrected chi connectivity index (χ0v) is 16.5. The summed E-state index contributed by atoms with van der Waals surface area (Å²) >= 11 is 1.76. The fourth-order valence-corrected chi connectivity index (χ4v) is 5.02. The summed E-state index contributed by atoms with van der Waals surface area (Å²) in [6, 6.07) is 15.9. The lowest BCUT2D eigenvalue weighted by Crippen LogP contribution is -2.28. The highest BCUT2D eigenvalue weighted by molar-refractivity contribution is 8.14. The number of para-hydroxylation sites is 1. The molecule has 146 valence electrons. The van der Waals surface area contributed by atoms with Crippen LogP contribution < -0.4 is 0 Å². The zero-order chi connectivity index (χ0) is 20.0. The molecule has 0 bridgehead atoms. The summed E-state index contributed by atoms with van der Waals surface area (Å²) in [5.41, 5.74) is 1.39. The van der Waals surface area contributed by atoms with E-state index in [1.165, 1.54) is 6.07 Å². The Labute approximate surface area is 171 Å². The number of thioether (sulfide) groups is 1. The van der Waals surface area contributed by atoms with Crippen LogP contribution >= 0.6 is 11.8 Å². The van der Waals surface area contributed by atoms with Crippen molar-refractivity contribution >= 4 is 22.6 Å². The molecular formula is C21H18N4O3S. The summed E-state index contributed by atoms with van der Waals surface area (Å²) < 4.78 is 6.18. The van der Waals surface area contributed by atoms with Gasteiger partial charge in [0, 0.05) is 24.1 Å².